The van der Waals surface area contributed by atoms with Crippen molar-refractivity contribution in [3.63, 3.8) is 0 Å². The van der Waals surface area contributed by atoms with Gasteiger partial charge in [0.1, 0.15) is 5.75 Å². The number of allylic oxidation sites excluding steroid dienone is 1. The Morgan fingerprint density at radius 3 is 2.48 bits per heavy atom. The van der Waals surface area contributed by atoms with Crippen molar-refractivity contribution < 1.29 is 23.7 Å². The van der Waals surface area contributed by atoms with Crippen LogP contribution >= 0.6 is 11.3 Å². The second-order valence-corrected chi connectivity index (χ2v) is 10.8. The van der Waals surface area contributed by atoms with Crippen molar-refractivity contribution in [2.45, 2.75) is 59.1 Å². The van der Waals surface area contributed by atoms with Gasteiger partial charge >= 0.3 is 5.97 Å². The summed E-state index contributed by atoms with van der Waals surface area (Å²) >= 11 is 1.28. The summed E-state index contributed by atoms with van der Waals surface area (Å²) in [5, 5.41) is 0. The highest BCUT2D eigenvalue weighted by Crippen LogP contribution is 2.32. The quantitative estimate of drug-likeness (QED) is 0.246. The lowest BCUT2D eigenvalue weighted by molar-refractivity contribution is -0.143. The molecule has 1 aliphatic heterocycles. The number of unbranched alkanes of at least 4 members (excludes halogenated alkanes) is 2. The van der Waals surface area contributed by atoms with Gasteiger partial charge in [-0.1, -0.05) is 49.3 Å². The summed E-state index contributed by atoms with van der Waals surface area (Å²) in [7, 11) is 3.19. The number of hydrogen-bond donors (Lipinski definition) is 0. The molecule has 2 aromatic carbocycles. The van der Waals surface area contributed by atoms with Gasteiger partial charge in [0.2, 0.25) is 0 Å². The van der Waals surface area contributed by atoms with E-state index in [1.165, 1.54) is 11.3 Å². The fraction of sp³-hybridized carbons (Fsp3) is 0.387. The molecule has 8 nitrogen and oxygen atoms in total. The number of carbonyl (C=O) groups is 1. The SMILES string of the molecule is CCCCCOc1ccc(/C=c2/sc3n(c2=O)C(c2ccc(OC)cc2)C(C(=O)OC(C)C)=C(C)N=3)cc1OC. The number of methoxy groups -OCH3 is 2. The van der Waals surface area contributed by atoms with Crippen LogP contribution in [-0.4, -0.2) is 37.5 Å². The topological polar surface area (TPSA) is 88.4 Å². The molecule has 1 unspecified atom stereocenters. The predicted octanol–water partition coefficient (Wildman–Crippen LogP) is 4.77. The minimum absolute atomic E-state index is 0.245. The van der Waals surface area contributed by atoms with Crippen LogP contribution in [0.2, 0.25) is 0 Å². The van der Waals surface area contributed by atoms with E-state index in [9.17, 15) is 9.59 Å². The second-order valence-electron chi connectivity index (χ2n) is 9.77. The molecule has 1 aromatic heterocycles. The maximum absolute atomic E-state index is 13.9. The van der Waals surface area contributed by atoms with Gasteiger partial charge in [0.15, 0.2) is 16.3 Å². The minimum Gasteiger partial charge on any atom is -0.497 e. The molecule has 0 aliphatic carbocycles. The minimum atomic E-state index is -0.691. The molecule has 0 saturated carbocycles. The number of ether oxygens (including phenoxy) is 4. The summed E-state index contributed by atoms with van der Waals surface area (Å²) in [6, 6.07) is 12.2. The van der Waals surface area contributed by atoms with E-state index in [1.807, 2.05) is 48.5 Å². The highest BCUT2D eigenvalue weighted by Gasteiger charge is 2.33. The van der Waals surface area contributed by atoms with Crippen molar-refractivity contribution in [3.05, 3.63) is 84.5 Å². The summed E-state index contributed by atoms with van der Waals surface area (Å²) < 4.78 is 24.4. The molecular formula is C31H36N2O6S. The Hall–Kier alpha value is -3.85. The summed E-state index contributed by atoms with van der Waals surface area (Å²) in [4.78, 5) is 32.3. The Bertz CT molecular complexity index is 1570. The molecule has 0 bridgehead atoms. The van der Waals surface area contributed by atoms with Crippen LogP contribution in [0.15, 0.2) is 63.5 Å². The molecule has 2 heterocycles. The van der Waals surface area contributed by atoms with Gasteiger partial charge < -0.3 is 18.9 Å². The van der Waals surface area contributed by atoms with Crippen LogP contribution < -0.4 is 29.1 Å². The van der Waals surface area contributed by atoms with Crippen molar-refractivity contribution in [3.8, 4) is 17.2 Å². The summed E-state index contributed by atoms with van der Waals surface area (Å²) in [5.41, 5.74) is 2.16. The number of rotatable bonds is 11. The van der Waals surface area contributed by atoms with E-state index in [2.05, 4.69) is 11.9 Å². The first-order valence-electron chi connectivity index (χ1n) is 13.5. The van der Waals surface area contributed by atoms with Crippen LogP contribution in [0.25, 0.3) is 6.08 Å². The normalized spacial score (nSPS) is 15.1. The standard InChI is InChI=1S/C31H36N2O6S/c1-7-8-9-16-38-24-15-10-21(17-25(24)37-6)18-26-29(34)33-28(22-11-13-23(36-5)14-12-22)27(30(35)39-19(2)3)20(4)32-31(33)40-26/h10-15,17-19,28H,7-9,16H2,1-6H3/b26-18+. The summed E-state index contributed by atoms with van der Waals surface area (Å²) in [6.45, 7) is 8.13. The van der Waals surface area contributed by atoms with Crippen LogP contribution in [0.3, 0.4) is 0 Å². The van der Waals surface area contributed by atoms with Crippen molar-refractivity contribution in [2.75, 3.05) is 20.8 Å². The maximum atomic E-state index is 13.9. The molecule has 4 rings (SSSR count). The number of nitrogens with zero attached hydrogens (tertiary/aromatic N) is 2. The molecule has 3 aromatic rings. The Labute approximate surface area is 238 Å². The molecule has 1 aliphatic rings. The van der Waals surface area contributed by atoms with Crippen LogP contribution in [0.4, 0.5) is 0 Å². The fourth-order valence-electron chi connectivity index (χ4n) is 4.54. The zero-order valence-corrected chi connectivity index (χ0v) is 24.7. The third kappa shape index (κ3) is 6.31. The monoisotopic (exact) mass is 564 g/mol. The zero-order valence-electron chi connectivity index (χ0n) is 23.9. The van der Waals surface area contributed by atoms with Crippen molar-refractivity contribution in [2.24, 2.45) is 4.99 Å². The number of fused-ring (bicyclic) bond motifs is 1. The number of aromatic nitrogens is 1. The van der Waals surface area contributed by atoms with Crippen LogP contribution in [-0.2, 0) is 9.53 Å². The van der Waals surface area contributed by atoms with Crippen molar-refractivity contribution in [1.82, 2.24) is 4.57 Å². The van der Waals surface area contributed by atoms with Gasteiger partial charge in [0, 0.05) is 0 Å². The third-order valence-corrected chi connectivity index (χ3v) is 7.49. The van der Waals surface area contributed by atoms with Crippen LogP contribution in [0.5, 0.6) is 17.2 Å². The van der Waals surface area contributed by atoms with E-state index >= 15 is 0 Å². The highest BCUT2D eigenvalue weighted by molar-refractivity contribution is 7.07. The Kier molecular flexibility index (Phi) is 9.47. The van der Waals surface area contributed by atoms with Gasteiger partial charge in [0.25, 0.3) is 5.56 Å². The maximum Gasteiger partial charge on any atom is 0.338 e. The van der Waals surface area contributed by atoms with E-state index in [1.54, 1.807) is 39.6 Å². The first kappa shape index (κ1) is 29.1. The molecule has 0 saturated heterocycles. The average Bonchev–Trinajstić information content (AvgIpc) is 3.24. The molecule has 0 fully saturated rings. The van der Waals surface area contributed by atoms with Gasteiger partial charge in [0.05, 0.1) is 48.8 Å². The van der Waals surface area contributed by atoms with Crippen LogP contribution in [0, 0.1) is 0 Å². The van der Waals surface area contributed by atoms with Gasteiger partial charge in [-0.25, -0.2) is 9.79 Å². The Balaban J connectivity index is 1.79. The number of hydrogen-bond acceptors (Lipinski definition) is 8. The first-order chi connectivity index (χ1) is 19.3. The zero-order chi connectivity index (χ0) is 28.8. The average molecular weight is 565 g/mol. The van der Waals surface area contributed by atoms with E-state index in [0.717, 1.165) is 30.4 Å². The molecular weight excluding hydrogens is 528 g/mol. The molecule has 1 atom stereocenters. The lowest BCUT2D eigenvalue weighted by Gasteiger charge is -2.25. The smallest absolute Gasteiger partial charge is 0.338 e. The highest BCUT2D eigenvalue weighted by atomic mass is 32.1. The van der Waals surface area contributed by atoms with E-state index in [4.69, 9.17) is 18.9 Å². The number of thiazole rings is 1. The predicted molar refractivity (Wildman–Crippen MR) is 156 cm³/mol. The van der Waals surface area contributed by atoms with Crippen molar-refractivity contribution in [1.29, 1.82) is 0 Å². The van der Waals surface area contributed by atoms with Gasteiger partial charge in [-0.2, -0.15) is 0 Å². The second kappa shape index (κ2) is 13.0. The molecule has 0 N–H and O–H groups in total. The lowest BCUT2D eigenvalue weighted by Crippen LogP contribution is -2.40. The Morgan fingerprint density at radius 2 is 1.82 bits per heavy atom. The Morgan fingerprint density at radius 1 is 1.07 bits per heavy atom. The van der Waals surface area contributed by atoms with E-state index in [-0.39, 0.29) is 11.7 Å². The largest absolute Gasteiger partial charge is 0.497 e. The molecule has 0 radical (unpaired) electrons. The first-order valence-corrected chi connectivity index (χ1v) is 14.3. The fourth-order valence-corrected chi connectivity index (χ4v) is 5.59. The molecule has 212 valence electrons. The van der Waals surface area contributed by atoms with Gasteiger partial charge in [-0.3, -0.25) is 9.36 Å². The summed E-state index contributed by atoms with van der Waals surface area (Å²) in [5.74, 6) is 1.45. The molecule has 9 heteroatoms. The van der Waals surface area contributed by atoms with Crippen LogP contribution in [0.1, 0.15) is 64.1 Å². The molecule has 0 spiro atoms. The summed E-state index contributed by atoms with van der Waals surface area (Å²) in [6.07, 6.45) is 4.70. The third-order valence-electron chi connectivity index (χ3n) is 6.51. The number of esters is 1. The number of benzene rings is 2. The van der Waals surface area contributed by atoms with Crippen molar-refractivity contribution >= 4 is 23.4 Å². The lowest BCUT2D eigenvalue weighted by atomic mass is 9.96. The van der Waals surface area contributed by atoms with Gasteiger partial charge in [-0.05, 0) is 68.7 Å². The van der Waals surface area contributed by atoms with Gasteiger partial charge in [-0.15, -0.1) is 0 Å². The van der Waals surface area contributed by atoms with E-state index < -0.39 is 12.0 Å². The molecule has 40 heavy (non-hydrogen) atoms. The number of carbonyl (C=O) groups excluding carboxylic acids is 1. The van der Waals surface area contributed by atoms with E-state index in [0.29, 0.717) is 44.5 Å². The molecule has 0 amide bonds.